The fraction of sp³-hybridized carbons (Fsp3) is 0.636. The van der Waals surface area contributed by atoms with Gasteiger partial charge >= 0.3 is 5.97 Å². The van der Waals surface area contributed by atoms with E-state index in [1.165, 1.54) is 7.11 Å². The predicted octanol–water partition coefficient (Wildman–Crippen LogP) is 1.53. The van der Waals surface area contributed by atoms with Gasteiger partial charge in [0, 0.05) is 24.3 Å². The summed E-state index contributed by atoms with van der Waals surface area (Å²) < 4.78 is 4.58. The van der Waals surface area contributed by atoms with Crippen LogP contribution in [0.4, 0.5) is 0 Å². The lowest BCUT2D eigenvalue weighted by Crippen LogP contribution is -2.21. The SMILES string of the molecule is CCC(N)Cc1nc(CCC(=O)OC)cs1. The molecule has 0 saturated heterocycles. The van der Waals surface area contributed by atoms with Gasteiger partial charge in [-0.05, 0) is 6.42 Å². The molecule has 5 heteroatoms. The Bertz CT molecular complexity index is 338. The summed E-state index contributed by atoms with van der Waals surface area (Å²) in [7, 11) is 1.40. The molecule has 2 N–H and O–H groups in total. The largest absolute Gasteiger partial charge is 0.469 e. The maximum Gasteiger partial charge on any atom is 0.305 e. The van der Waals surface area contributed by atoms with Crippen LogP contribution in [0.5, 0.6) is 0 Å². The number of carbonyl (C=O) groups excluding carboxylic acids is 1. The molecular formula is C11H18N2O2S. The summed E-state index contributed by atoms with van der Waals surface area (Å²) in [4.78, 5) is 15.4. The van der Waals surface area contributed by atoms with Crippen LogP contribution in [0, 0.1) is 0 Å². The van der Waals surface area contributed by atoms with Gasteiger partial charge in [0.2, 0.25) is 0 Å². The van der Waals surface area contributed by atoms with Crippen molar-refractivity contribution in [3.8, 4) is 0 Å². The van der Waals surface area contributed by atoms with Gasteiger partial charge in [-0.3, -0.25) is 4.79 Å². The Morgan fingerprint density at radius 1 is 1.69 bits per heavy atom. The number of nitrogens with two attached hydrogens (primary N) is 1. The highest BCUT2D eigenvalue weighted by Crippen LogP contribution is 2.13. The van der Waals surface area contributed by atoms with Crippen LogP contribution < -0.4 is 5.73 Å². The Morgan fingerprint density at radius 2 is 2.44 bits per heavy atom. The van der Waals surface area contributed by atoms with E-state index >= 15 is 0 Å². The number of aryl methyl sites for hydroxylation is 1. The zero-order valence-corrected chi connectivity index (χ0v) is 10.5. The second-order valence-electron chi connectivity index (χ2n) is 3.68. The first-order valence-electron chi connectivity index (χ1n) is 5.41. The molecule has 16 heavy (non-hydrogen) atoms. The maximum absolute atomic E-state index is 10.9. The van der Waals surface area contributed by atoms with Crippen molar-refractivity contribution < 1.29 is 9.53 Å². The van der Waals surface area contributed by atoms with Crippen molar-refractivity contribution in [1.29, 1.82) is 0 Å². The van der Waals surface area contributed by atoms with Crippen LogP contribution in [0.3, 0.4) is 0 Å². The van der Waals surface area contributed by atoms with E-state index in [1.54, 1.807) is 11.3 Å². The molecule has 0 radical (unpaired) electrons. The molecule has 4 nitrogen and oxygen atoms in total. The first kappa shape index (κ1) is 13.1. The zero-order valence-electron chi connectivity index (χ0n) is 9.73. The van der Waals surface area contributed by atoms with Crippen molar-refractivity contribution in [3.63, 3.8) is 0 Å². The molecular weight excluding hydrogens is 224 g/mol. The van der Waals surface area contributed by atoms with Crippen molar-refractivity contribution in [1.82, 2.24) is 4.98 Å². The molecule has 0 aliphatic carbocycles. The number of esters is 1. The molecule has 0 aliphatic rings. The molecule has 0 aromatic carbocycles. The smallest absolute Gasteiger partial charge is 0.305 e. The topological polar surface area (TPSA) is 65.2 Å². The number of hydrogen-bond acceptors (Lipinski definition) is 5. The van der Waals surface area contributed by atoms with Crippen LogP contribution >= 0.6 is 11.3 Å². The lowest BCUT2D eigenvalue weighted by Gasteiger charge is -2.04. The molecule has 1 aromatic rings. The minimum atomic E-state index is -0.195. The number of thiazole rings is 1. The zero-order chi connectivity index (χ0) is 12.0. The molecule has 90 valence electrons. The molecule has 0 aliphatic heterocycles. The summed E-state index contributed by atoms with van der Waals surface area (Å²) in [5.41, 5.74) is 6.80. The third-order valence-corrected chi connectivity index (χ3v) is 3.29. The Kier molecular flexibility index (Phi) is 5.42. The number of methoxy groups -OCH3 is 1. The van der Waals surface area contributed by atoms with E-state index in [4.69, 9.17) is 5.73 Å². The number of hydrogen-bond donors (Lipinski definition) is 1. The average Bonchev–Trinajstić information content (AvgIpc) is 2.73. The van der Waals surface area contributed by atoms with E-state index < -0.39 is 0 Å². The van der Waals surface area contributed by atoms with E-state index in [0.717, 1.165) is 23.5 Å². The van der Waals surface area contributed by atoms with Crippen LogP contribution in [0.25, 0.3) is 0 Å². The summed E-state index contributed by atoms with van der Waals surface area (Å²) in [5, 5.41) is 3.04. The first-order valence-corrected chi connectivity index (χ1v) is 6.29. The van der Waals surface area contributed by atoms with Gasteiger partial charge in [-0.25, -0.2) is 4.98 Å². The van der Waals surface area contributed by atoms with E-state index in [2.05, 4.69) is 16.6 Å². The van der Waals surface area contributed by atoms with Gasteiger partial charge < -0.3 is 10.5 Å². The second kappa shape index (κ2) is 6.60. The van der Waals surface area contributed by atoms with Crippen LogP contribution in [0.15, 0.2) is 5.38 Å². The van der Waals surface area contributed by atoms with Crippen LogP contribution in [-0.4, -0.2) is 24.1 Å². The standard InChI is InChI=1S/C11H18N2O2S/c1-3-8(12)6-10-13-9(7-16-10)4-5-11(14)15-2/h7-8H,3-6,12H2,1-2H3. The number of ether oxygens (including phenoxy) is 1. The van der Waals surface area contributed by atoms with Crippen LogP contribution in [-0.2, 0) is 22.4 Å². The number of rotatable bonds is 6. The van der Waals surface area contributed by atoms with Gasteiger partial charge in [0.15, 0.2) is 0 Å². The predicted molar refractivity (Wildman–Crippen MR) is 64.4 cm³/mol. The van der Waals surface area contributed by atoms with Crippen LogP contribution in [0.2, 0.25) is 0 Å². The van der Waals surface area contributed by atoms with Gasteiger partial charge in [-0.15, -0.1) is 11.3 Å². The molecule has 0 saturated carbocycles. The summed E-state index contributed by atoms with van der Waals surface area (Å²) in [6, 6.07) is 0.180. The molecule has 0 spiro atoms. The third-order valence-electron chi connectivity index (χ3n) is 2.37. The van der Waals surface area contributed by atoms with Crippen molar-refractivity contribution in [2.24, 2.45) is 5.73 Å². The number of nitrogens with zero attached hydrogens (tertiary/aromatic N) is 1. The van der Waals surface area contributed by atoms with Crippen molar-refractivity contribution >= 4 is 17.3 Å². The third kappa shape index (κ3) is 4.28. The Morgan fingerprint density at radius 3 is 3.06 bits per heavy atom. The normalized spacial score (nSPS) is 12.4. The lowest BCUT2D eigenvalue weighted by molar-refractivity contribution is -0.140. The minimum absolute atomic E-state index is 0.180. The number of aromatic nitrogens is 1. The molecule has 1 heterocycles. The molecule has 0 bridgehead atoms. The molecule has 1 aromatic heterocycles. The van der Waals surface area contributed by atoms with Gasteiger partial charge in [0.05, 0.1) is 24.2 Å². The average molecular weight is 242 g/mol. The Labute approximate surface area is 99.8 Å². The second-order valence-corrected chi connectivity index (χ2v) is 4.62. The molecule has 1 unspecified atom stereocenters. The van der Waals surface area contributed by atoms with Crippen molar-refractivity contribution in [2.45, 2.75) is 38.6 Å². The molecule has 1 rings (SSSR count). The molecule has 0 fully saturated rings. The van der Waals surface area contributed by atoms with Gasteiger partial charge in [0.1, 0.15) is 0 Å². The Balaban J connectivity index is 2.42. The maximum atomic E-state index is 10.9. The van der Waals surface area contributed by atoms with Gasteiger partial charge in [-0.1, -0.05) is 6.92 Å². The highest BCUT2D eigenvalue weighted by Gasteiger charge is 2.08. The summed E-state index contributed by atoms with van der Waals surface area (Å²) in [5.74, 6) is -0.195. The van der Waals surface area contributed by atoms with E-state index in [0.29, 0.717) is 12.8 Å². The molecule has 1 atom stereocenters. The lowest BCUT2D eigenvalue weighted by atomic mass is 10.2. The van der Waals surface area contributed by atoms with Gasteiger partial charge in [0.25, 0.3) is 0 Å². The van der Waals surface area contributed by atoms with Crippen molar-refractivity contribution in [3.05, 3.63) is 16.1 Å². The van der Waals surface area contributed by atoms with Gasteiger partial charge in [-0.2, -0.15) is 0 Å². The summed E-state index contributed by atoms with van der Waals surface area (Å²) >= 11 is 1.61. The van der Waals surface area contributed by atoms with Crippen LogP contribution in [0.1, 0.15) is 30.5 Å². The minimum Gasteiger partial charge on any atom is -0.469 e. The highest BCUT2D eigenvalue weighted by atomic mass is 32.1. The van der Waals surface area contributed by atoms with E-state index in [1.807, 2.05) is 5.38 Å². The van der Waals surface area contributed by atoms with E-state index in [-0.39, 0.29) is 12.0 Å². The molecule has 0 amide bonds. The summed E-state index contributed by atoms with van der Waals surface area (Å²) in [6.45, 7) is 2.07. The Hall–Kier alpha value is -0.940. The van der Waals surface area contributed by atoms with E-state index in [9.17, 15) is 4.79 Å². The fourth-order valence-electron chi connectivity index (χ4n) is 1.26. The highest BCUT2D eigenvalue weighted by molar-refractivity contribution is 7.09. The quantitative estimate of drug-likeness (QED) is 0.768. The van der Waals surface area contributed by atoms with Crippen molar-refractivity contribution in [2.75, 3.05) is 7.11 Å². The fourth-order valence-corrected chi connectivity index (χ4v) is 2.18. The number of carbonyl (C=O) groups is 1. The monoisotopic (exact) mass is 242 g/mol. The first-order chi connectivity index (χ1) is 7.65. The summed E-state index contributed by atoms with van der Waals surface area (Å²) in [6.07, 6.45) is 2.81.